The minimum absolute atomic E-state index is 0.223. The van der Waals surface area contributed by atoms with E-state index in [0.29, 0.717) is 12.0 Å². The fourth-order valence-electron chi connectivity index (χ4n) is 2.27. The summed E-state index contributed by atoms with van der Waals surface area (Å²) in [4.78, 5) is 26.5. The van der Waals surface area contributed by atoms with Gasteiger partial charge in [0, 0.05) is 4.47 Å². The lowest BCUT2D eigenvalue weighted by Gasteiger charge is -2.12. The Morgan fingerprint density at radius 3 is 2.48 bits per heavy atom. The maximum Gasteiger partial charge on any atom is 0.293 e. The molecule has 0 spiro atoms. The zero-order valence-corrected chi connectivity index (χ0v) is 19.2. The fourth-order valence-corrected chi connectivity index (χ4v) is 5.38. The zero-order valence-electron chi connectivity index (χ0n) is 12.5. The van der Waals surface area contributed by atoms with Crippen LogP contribution in [0.1, 0.15) is 11.1 Å². The Kier molecular flexibility index (Phi) is 6.11. The number of nitrogens with zero attached hydrogens (tertiary/aromatic N) is 1. The van der Waals surface area contributed by atoms with Gasteiger partial charge in [-0.3, -0.25) is 14.5 Å². The molecule has 2 amide bonds. The molecule has 3 rings (SSSR count). The number of imide groups is 1. The van der Waals surface area contributed by atoms with Gasteiger partial charge in [-0.15, -0.1) is 0 Å². The molecule has 1 aliphatic heterocycles. The first-order valence-electron chi connectivity index (χ1n) is 7.03. The number of carbonyl (C=O) groups excluding carboxylic acids is 2. The van der Waals surface area contributed by atoms with Crippen LogP contribution in [0.15, 0.2) is 45.8 Å². The lowest BCUT2D eigenvalue weighted by atomic mass is 10.2. The summed E-state index contributed by atoms with van der Waals surface area (Å²) in [5.74, 6) is -0.0748. The van der Waals surface area contributed by atoms with E-state index in [2.05, 4.69) is 15.9 Å². The van der Waals surface area contributed by atoms with Gasteiger partial charge >= 0.3 is 0 Å². The third-order valence-electron chi connectivity index (χ3n) is 3.44. The Balaban J connectivity index is 1.86. The van der Waals surface area contributed by atoms with Crippen LogP contribution >= 0.6 is 72.9 Å². The molecule has 0 radical (unpaired) electrons. The van der Waals surface area contributed by atoms with Crippen molar-refractivity contribution in [2.45, 2.75) is 6.54 Å². The highest BCUT2D eigenvalue weighted by Gasteiger charge is 2.35. The summed E-state index contributed by atoms with van der Waals surface area (Å²) in [7, 11) is 0. The number of rotatable bonds is 3. The van der Waals surface area contributed by atoms with Crippen LogP contribution in [0.4, 0.5) is 4.79 Å². The second kappa shape index (κ2) is 7.97. The average Bonchev–Trinajstić information content (AvgIpc) is 2.80. The Bertz CT molecular complexity index is 894. The van der Waals surface area contributed by atoms with Gasteiger partial charge in [0.05, 0.1) is 18.6 Å². The molecule has 128 valence electrons. The summed E-state index contributed by atoms with van der Waals surface area (Å²) in [6, 6.07) is 11.1. The van der Waals surface area contributed by atoms with Gasteiger partial charge in [-0.05, 0) is 98.4 Å². The number of phenolic OH excluding ortho intramolecular Hbond substituents is 1. The maximum absolute atomic E-state index is 12.6. The minimum atomic E-state index is -0.298. The first kappa shape index (κ1) is 19.2. The number of amides is 2. The van der Waals surface area contributed by atoms with Crippen molar-refractivity contribution in [3.05, 3.63) is 64.0 Å². The number of phenols is 1. The average molecular weight is 642 g/mol. The summed E-state index contributed by atoms with van der Waals surface area (Å²) in [6.07, 6.45) is 1.69. The van der Waals surface area contributed by atoms with Gasteiger partial charge in [-0.1, -0.05) is 28.1 Å². The van der Waals surface area contributed by atoms with Gasteiger partial charge in [0.1, 0.15) is 5.75 Å². The molecule has 0 unspecified atom stereocenters. The molecule has 0 aliphatic carbocycles. The summed E-state index contributed by atoms with van der Waals surface area (Å²) in [5, 5.41) is 9.56. The third-order valence-corrected chi connectivity index (χ3v) is 6.49. The SMILES string of the molecule is O=C1S/C(=C/c2cc(I)c(O)c(I)c2)C(=O)N1Cc1cccc(Br)c1. The predicted molar refractivity (Wildman–Crippen MR) is 119 cm³/mol. The molecule has 25 heavy (non-hydrogen) atoms. The minimum Gasteiger partial charge on any atom is -0.506 e. The van der Waals surface area contributed by atoms with Crippen LogP contribution in [0.3, 0.4) is 0 Å². The number of hydrogen-bond acceptors (Lipinski definition) is 4. The molecule has 1 heterocycles. The number of aromatic hydroxyl groups is 1. The topological polar surface area (TPSA) is 57.6 Å². The predicted octanol–water partition coefficient (Wildman–Crippen LogP) is 5.60. The van der Waals surface area contributed by atoms with E-state index in [0.717, 1.165) is 27.4 Å². The quantitative estimate of drug-likeness (QED) is 0.350. The van der Waals surface area contributed by atoms with E-state index in [1.54, 1.807) is 18.2 Å². The van der Waals surface area contributed by atoms with Gasteiger partial charge in [-0.25, -0.2) is 0 Å². The Hall–Kier alpha value is -0.590. The molecule has 4 nitrogen and oxygen atoms in total. The summed E-state index contributed by atoms with van der Waals surface area (Å²) < 4.78 is 2.30. The number of carbonyl (C=O) groups is 2. The normalized spacial score (nSPS) is 16.1. The monoisotopic (exact) mass is 641 g/mol. The van der Waals surface area contributed by atoms with Crippen molar-refractivity contribution in [1.29, 1.82) is 0 Å². The summed E-state index contributed by atoms with van der Waals surface area (Å²) in [6.45, 7) is 0.242. The van der Waals surface area contributed by atoms with Crippen LogP contribution in [0, 0.1) is 7.14 Å². The van der Waals surface area contributed by atoms with E-state index in [-0.39, 0.29) is 23.4 Å². The van der Waals surface area contributed by atoms with Crippen LogP contribution in [-0.4, -0.2) is 21.2 Å². The van der Waals surface area contributed by atoms with Crippen LogP contribution < -0.4 is 0 Å². The molecule has 1 N–H and O–H groups in total. The molecule has 2 aromatic rings. The molecule has 2 aromatic carbocycles. The number of halogens is 3. The van der Waals surface area contributed by atoms with E-state index in [1.807, 2.05) is 69.4 Å². The third kappa shape index (κ3) is 4.40. The van der Waals surface area contributed by atoms with E-state index in [1.165, 1.54) is 4.90 Å². The Morgan fingerprint density at radius 1 is 1.16 bits per heavy atom. The van der Waals surface area contributed by atoms with Crippen LogP contribution in [0.2, 0.25) is 0 Å². The summed E-state index contributed by atoms with van der Waals surface area (Å²) >= 11 is 8.40. The number of hydrogen-bond donors (Lipinski definition) is 1. The molecule has 1 saturated heterocycles. The molecule has 0 saturated carbocycles. The van der Waals surface area contributed by atoms with Crippen molar-refractivity contribution in [1.82, 2.24) is 4.90 Å². The summed E-state index contributed by atoms with van der Waals surface area (Å²) in [5.41, 5.74) is 1.66. The zero-order chi connectivity index (χ0) is 18.1. The van der Waals surface area contributed by atoms with Crippen molar-refractivity contribution in [3.8, 4) is 5.75 Å². The highest BCUT2D eigenvalue weighted by Crippen LogP contribution is 2.35. The lowest BCUT2D eigenvalue weighted by Crippen LogP contribution is -2.27. The smallest absolute Gasteiger partial charge is 0.293 e. The van der Waals surface area contributed by atoms with E-state index in [9.17, 15) is 14.7 Å². The van der Waals surface area contributed by atoms with Crippen LogP contribution in [-0.2, 0) is 11.3 Å². The van der Waals surface area contributed by atoms with Gasteiger partial charge < -0.3 is 5.11 Å². The van der Waals surface area contributed by atoms with Crippen LogP contribution in [0.5, 0.6) is 5.75 Å². The van der Waals surface area contributed by atoms with Crippen molar-refractivity contribution in [2.75, 3.05) is 0 Å². The Labute approximate surface area is 184 Å². The van der Waals surface area contributed by atoms with E-state index in [4.69, 9.17) is 0 Å². The highest BCUT2D eigenvalue weighted by atomic mass is 127. The van der Waals surface area contributed by atoms with Gasteiger partial charge in [0.15, 0.2) is 0 Å². The standard InChI is InChI=1S/C17H10BrI2NO3S/c18-11-3-1-2-9(4-11)8-21-16(23)14(25-17(21)24)7-10-5-12(19)15(22)13(20)6-10/h1-7,22H,8H2/b14-7+. The lowest BCUT2D eigenvalue weighted by molar-refractivity contribution is -0.123. The fraction of sp³-hybridized carbons (Fsp3) is 0.0588. The van der Waals surface area contributed by atoms with Crippen molar-refractivity contribution >= 4 is 90.1 Å². The molecule has 0 aromatic heterocycles. The number of thioether (sulfide) groups is 1. The van der Waals surface area contributed by atoms with Crippen molar-refractivity contribution in [2.24, 2.45) is 0 Å². The molecular weight excluding hydrogens is 632 g/mol. The van der Waals surface area contributed by atoms with Crippen LogP contribution in [0.25, 0.3) is 6.08 Å². The molecule has 1 aliphatic rings. The first-order chi connectivity index (χ1) is 11.8. The molecule has 1 fully saturated rings. The van der Waals surface area contributed by atoms with Crippen molar-refractivity contribution < 1.29 is 14.7 Å². The first-order valence-corrected chi connectivity index (χ1v) is 10.8. The van der Waals surface area contributed by atoms with Crippen molar-refractivity contribution in [3.63, 3.8) is 0 Å². The molecule has 8 heteroatoms. The number of benzene rings is 2. The largest absolute Gasteiger partial charge is 0.506 e. The van der Waals surface area contributed by atoms with E-state index >= 15 is 0 Å². The second-order valence-electron chi connectivity index (χ2n) is 5.23. The van der Waals surface area contributed by atoms with Gasteiger partial charge in [0.2, 0.25) is 0 Å². The second-order valence-corrected chi connectivity index (χ2v) is 9.46. The molecule has 0 bridgehead atoms. The molecular formula is C17H10BrI2NO3S. The van der Waals surface area contributed by atoms with Gasteiger partial charge in [-0.2, -0.15) is 0 Å². The van der Waals surface area contributed by atoms with Gasteiger partial charge in [0.25, 0.3) is 11.1 Å². The highest BCUT2D eigenvalue weighted by molar-refractivity contribution is 14.1. The Morgan fingerprint density at radius 2 is 1.84 bits per heavy atom. The molecule has 0 atom stereocenters. The maximum atomic E-state index is 12.6. The van der Waals surface area contributed by atoms with E-state index < -0.39 is 0 Å².